The summed E-state index contributed by atoms with van der Waals surface area (Å²) in [5.41, 5.74) is -1.49. The molecule has 0 fully saturated rings. The van der Waals surface area contributed by atoms with Gasteiger partial charge in [-0.25, -0.2) is 8.42 Å². The Kier molecular flexibility index (Phi) is 4.02. The first kappa shape index (κ1) is 14.6. The minimum atomic E-state index is -3.78. The third-order valence-electron chi connectivity index (χ3n) is 2.47. The summed E-state index contributed by atoms with van der Waals surface area (Å²) in [6, 6.07) is 3.05. The van der Waals surface area contributed by atoms with Crippen LogP contribution in [0.25, 0.3) is 0 Å². The molecule has 5 nitrogen and oxygen atoms in total. The van der Waals surface area contributed by atoms with E-state index in [-0.39, 0.29) is 4.21 Å². The lowest BCUT2D eigenvalue weighted by atomic mass is 10.1. The number of carbonyl (C=O) groups is 1. The van der Waals surface area contributed by atoms with E-state index in [9.17, 15) is 13.2 Å². The van der Waals surface area contributed by atoms with E-state index in [1.165, 1.54) is 27.0 Å². The Morgan fingerprint density at radius 3 is 2.35 bits per heavy atom. The van der Waals surface area contributed by atoms with Crippen molar-refractivity contribution in [1.82, 2.24) is 4.31 Å². The van der Waals surface area contributed by atoms with Crippen molar-refractivity contribution in [3.63, 3.8) is 0 Å². The highest BCUT2D eigenvalue weighted by molar-refractivity contribution is 9.11. The third kappa shape index (κ3) is 2.70. The number of sulfonamides is 1. The molecule has 1 aromatic heterocycles. The van der Waals surface area contributed by atoms with E-state index >= 15 is 0 Å². The number of thiophene rings is 1. The monoisotopic (exact) mass is 341 g/mol. The van der Waals surface area contributed by atoms with Crippen molar-refractivity contribution in [2.24, 2.45) is 0 Å². The Labute approximate surface area is 112 Å². The van der Waals surface area contributed by atoms with E-state index in [0.717, 1.165) is 15.6 Å². The summed E-state index contributed by atoms with van der Waals surface area (Å²) in [6.45, 7) is 2.69. The zero-order valence-corrected chi connectivity index (χ0v) is 12.7. The molecule has 0 unspecified atom stereocenters. The maximum atomic E-state index is 12.1. The van der Waals surface area contributed by atoms with Crippen LogP contribution in [0.4, 0.5) is 0 Å². The predicted molar refractivity (Wildman–Crippen MR) is 68.7 cm³/mol. The maximum absolute atomic E-state index is 12.1. The van der Waals surface area contributed by atoms with Gasteiger partial charge in [-0.3, -0.25) is 4.79 Å². The molecule has 0 saturated heterocycles. The molecule has 1 aromatic rings. The SMILES string of the molecule is CN(C(C)(C)C(=O)O)S(=O)(=O)c1ccc(Br)s1. The van der Waals surface area contributed by atoms with E-state index in [0.29, 0.717) is 3.79 Å². The fourth-order valence-corrected chi connectivity index (χ4v) is 4.66. The Hall–Kier alpha value is -0.440. The molecule has 0 bridgehead atoms. The summed E-state index contributed by atoms with van der Waals surface area (Å²) in [7, 11) is -2.52. The lowest BCUT2D eigenvalue weighted by Gasteiger charge is -2.29. The molecule has 0 saturated carbocycles. The molecule has 0 spiro atoms. The molecule has 1 heterocycles. The van der Waals surface area contributed by atoms with Crippen molar-refractivity contribution in [2.75, 3.05) is 7.05 Å². The molecule has 1 rings (SSSR count). The molecule has 0 aliphatic rings. The Morgan fingerprint density at radius 2 is 2.00 bits per heavy atom. The smallest absolute Gasteiger partial charge is 0.324 e. The van der Waals surface area contributed by atoms with Gasteiger partial charge in [-0.05, 0) is 41.9 Å². The van der Waals surface area contributed by atoms with Crippen LogP contribution in [-0.2, 0) is 14.8 Å². The van der Waals surface area contributed by atoms with Crippen molar-refractivity contribution >= 4 is 43.3 Å². The zero-order valence-electron chi connectivity index (χ0n) is 9.47. The quantitative estimate of drug-likeness (QED) is 0.908. The summed E-state index contributed by atoms with van der Waals surface area (Å²) < 4.78 is 25.9. The summed E-state index contributed by atoms with van der Waals surface area (Å²) in [6.07, 6.45) is 0. The van der Waals surface area contributed by atoms with Crippen LogP contribution in [0.2, 0.25) is 0 Å². The second-order valence-electron chi connectivity index (χ2n) is 3.90. The molecule has 0 aliphatic carbocycles. The van der Waals surface area contributed by atoms with E-state index in [2.05, 4.69) is 15.9 Å². The molecule has 0 radical (unpaired) electrons. The number of hydrogen-bond donors (Lipinski definition) is 1. The highest BCUT2D eigenvalue weighted by atomic mass is 79.9. The van der Waals surface area contributed by atoms with Crippen LogP contribution in [-0.4, -0.2) is 36.4 Å². The fourth-order valence-electron chi connectivity index (χ4n) is 1.01. The lowest BCUT2D eigenvalue weighted by Crippen LogP contribution is -2.50. The van der Waals surface area contributed by atoms with Gasteiger partial charge in [0.25, 0.3) is 10.0 Å². The van der Waals surface area contributed by atoms with Crippen LogP contribution in [0.1, 0.15) is 13.8 Å². The second kappa shape index (κ2) is 4.68. The fraction of sp³-hybridized carbons (Fsp3) is 0.444. The van der Waals surface area contributed by atoms with E-state index < -0.39 is 21.5 Å². The van der Waals surface area contributed by atoms with E-state index in [1.54, 1.807) is 6.07 Å². The van der Waals surface area contributed by atoms with Crippen LogP contribution in [0.5, 0.6) is 0 Å². The van der Waals surface area contributed by atoms with Crippen molar-refractivity contribution in [1.29, 1.82) is 0 Å². The number of carboxylic acid groups (broad SMARTS) is 1. The summed E-state index contributed by atoms with van der Waals surface area (Å²) in [5, 5.41) is 9.02. The first-order valence-corrected chi connectivity index (χ1v) is 7.63. The standard InChI is InChI=1S/C9H12BrNO4S2/c1-9(2,8(12)13)11(3)17(14,15)7-5-4-6(10)16-7/h4-5H,1-3H3,(H,12,13). The number of nitrogens with zero attached hydrogens (tertiary/aromatic N) is 1. The molecule has 0 aliphatic heterocycles. The lowest BCUT2D eigenvalue weighted by molar-refractivity contribution is -0.145. The van der Waals surface area contributed by atoms with Crippen molar-refractivity contribution in [3.05, 3.63) is 15.9 Å². The van der Waals surface area contributed by atoms with Gasteiger partial charge in [-0.1, -0.05) is 0 Å². The Balaban J connectivity index is 3.20. The number of rotatable bonds is 4. The molecular formula is C9H12BrNO4S2. The van der Waals surface area contributed by atoms with Crippen LogP contribution < -0.4 is 0 Å². The van der Waals surface area contributed by atoms with Crippen molar-refractivity contribution < 1.29 is 18.3 Å². The molecule has 1 N–H and O–H groups in total. The maximum Gasteiger partial charge on any atom is 0.324 e. The normalized spacial score (nSPS) is 13.0. The molecular weight excluding hydrogens is 330 g/mol. The van der Waals surface area contributed by atoms with Gasteiger partial charge in [-0.15, -0.1) is 11.3 Å². The molecule has 0 atom stereocenters. The van der Waals surface area contributed by atoms with Gasteiger partial charge < -0.3 is 5.11 Å². The molecule has 0 aromatic carbocycles. The average molecular weight is 342 g/mol. The number of halogens is 1. The number of likely N-dealkylation sites (N-methyl/N-ethyl adjacent to an activating group) is 1. The first-order chi connectivity index (χ1) is 7.60. The highest BCUT2D eigenvalue weighted by Gasteiger charge is 2.40. The first-order valence-electron chi connectivity index (χ1n) is 4.58. The molecule has 8 heteroatoms. The van der Waals surface area contributed by atoms with Gasteiger partial charge in [0.2, 0.25) is 0 Å². The van der Waals surface area contributed by atoms with Gasteiger partial charge in [-0.2, -0.15) is 4.31 Å². The minimum Gasteiger partial charge on any atom is -0.480 e. The zero-order chi connectivity index (χ0) is 13.4. The minimum absolute atomic E-state index is 0.112. The van der Waals surface area contributed by atoms with Crippen LogP contribution in [0, 0.1) is 0 Å². The largest absolute Gasteiger partial charge is 0.480 e. The van der Waals surface area contributed by atoms with E-state index in [4.69, 9.17) is 5.11 Å². The summed E-state index contributed by atoms with van der Waals surface area (Å²) >= 11 is 4.22. The van der Waals surface area contributed by atoms with Crippen LogP contribution in [0.3, 0.4) is 0 Å². The molecule has 17 heavy (non-hydrogen) atoms. The Morgan fingerprint density at radius 1 is 1.47 bits per heavy atom. The predicted octanol–water partition coefficient (Wildman–Crippen LogP) is 1.99. The second-order valence-corrected chi connectivity index (χ2v) is 8.55. The Bertz CT molecular complexity index is 535. The topological polar surface area (TPSA) is 74.7 Å². The summed E-state index contributed by atoms with van der Waals surface area (Å²) in [5.74, 6) is -1.20. The third-order valence-corrected chi connectivity index (χ3v) is 6.60. The van der Waals surface area contributed by atoms with Gasteiger partial charge in [0.05, 0.1) is 3.79 Å². The van der Waals surface area contributed by atoms with Gasteiger partial charge in [0.1, 0.15) is 9.75 Å². The molecule has 0 amide bonds. The van der Waals surface area contributed by atoms with Crippen LogP contribution in [0.15, 0.2) is 20.1 Å². The van der Waals surface area contributed by atoms with Gasteiger partial charge in [0, 0.05) is 7.05 Å². The number of hydrogen-bond acceptors (Lipinski definition) is 4. The molecule has 96 valence electrons. The van der Waals surface area contributed by atoms with Crippen LogP contribution >= 0.6 is 27.3 Å². The van der Waals surface area contributed by atoms with Gasteiger partial charge in [0.15, 0.2) is 0 Å². The summed E-state index contributed by atoms with van der Waals surface area (Å²) in [4.78, 5) is 11.0. The highest BCUT2D eigenvalue weighted by Crippen LogP contribution is 2.30. The number of carboxylic acids is 1. The van der Waals surface area contributed by atoms with Crippen molar-refractivity contribution in [2.45, 2.75) is 23.6 Å². The van der Waals surface area contributed by atoms with Gasteiger partial charge >= 0.3 is 5.97 Å². The van der Waals surface area contributed by atoms with Crippen molar-refractivity contribution in [3.8, 4) is 0 Å². The number of aliphatic carboxylic acids is 1. The average Bonchev–Trinajstić information content (AvgIpc) is 2.63. The van der Waals surface area contributed by atoms with E-state index in [1.807, 2.05) is 0 Å².